The summed E-state index contributed by atoms with van der Waals surface area (Å²) in [6.45, 7) is 5.99. The third kappa shape index (κ3) is 8.83. The van der Waals surface area contributed by atoms with Crippen molar-refractivity contribution in [3.05, 3.63) is 100 Å². The Morgan fingerprint density at radius 2 is 1.62 bits per heavy atom. The molecule has 0 heterocycles. The van der Waals surface area contributed by atoms with Gasteiger partial charge in [-0.15, -0.1) is 0 Å². The Morgan fingerprint density at radius 1 is 0.925 bits per heavy atom. The normalized spacial score (nSPS) is 12.0. The Hall–Kier alpha value is -3.36. The van der Waals surface area contributed by atoms with Crippen molar-refractivity contribution in [1.29, 1.82) is 0 Å². The number of unbranched alkanes of at least 4 members (excludes halogenated alkanes) is 1. The summed E-state index contributed by atoms with van der Waals surface area (Å²) in [7, 11) is -3.81. The summed E-state index contributed by atoms with van der Waals surface area (Å²) in [4.78, 5) is 29.2. The van der Waals surface area contributed by atoms with E-state index in [4.69, 9.17) is 11.6 Å². The van der Waals surface area contributed by atoms with Crippen LogP contribution in [0, 0.1) is 13.8 Å². The first-order valence-electron chi connectivity index (χ1n) is 13.4. The molecule has 40 heavy (non-hydrogen) atoms. The van der Waals surface area contributed by atoms with Gasteiger partial charge < -0.3 is 10.2 Å². The number of nitrogens with one attached hydrogen (secondary N) is 1. The second kappa shape index (κ2) is 14.3. The van der Waals surface area contributed by atoms with Crippen LogP contribution in [-0.2, 0) is 32.6 Å². The fourth-order valence-electron chi connectivity index (χ4n) is 4.39. The third-order valence-electron chi connectivity index (χ3n) is 6.80. The van der Waals surface area contributed by atoms with E-state index < -0.39 is 28.5 Å². The van der Waals surface area contributed by atoms with Crippen LogP contribution < -0.4 is 9.62 Å². The standard InChI is InChI=1S/C31H38ClN3O4S/c1-5-6-17-33-31(37)29(20-25-11-8-7-9-12-25)34(21-26-13-10-14-27(32)19-26)30(36)22-35(40(4,38)39)28-16-15-23(2)24(3)18-28/h7-16,18-19,29H,5-6,17,20-22H2,1-4H3,(H,33,37)/t29-/m1/s1. The lowest BCUT2D eigenvalue weighted by Crippen LogP contribution is -2.53. The Labute approximate surface area is 243 Å². The number of hydrogen-bond acceptors (Lipinski definition) is 4. The van der Waals surface area contributed by atoms with E-state index in [0.717, 1.165) is 45.7 Å². The van der Waals surface area contributed by atoms with Crippen molar-refractivity contribution in [2.75, 3.05) is 23.7 Å². The van der Waals surface area contributed by atoms with E-state index in [-0.39, 0.29) is 18.9 Å². The van der Waals surface area contributed by atoms with E-state index in [1.54, 1.807) is 30.3 Å². The molecule has 9 heteroatoms. The maximum atomic E-state index is 14.1. The maximum absolute atomic E-state index is 14.1. The fourth-order valence-corrected chi connectivity index (χ4v) is 5.44. The minimum atomic E-state index is -3.81. The molecular formula is C31H38ClN3O4S. The number of hydrogen-bond donors (Lipinski definition) is 1. The van der Waals surface area contributed by atoms with Crippen molar-refractivity contribution in [1.82, 2.24) is 10.2 Å². The number of anilines is 1. The van der Waals surface area contributed by atoms with Crippen molar-refractivity contribution >= 4 is 39.1 Å². The molecule has 0 bridgehead atoms. The molecule has 2 amide bonds. The highest BCUT2D eigenvalue weighted by Gasteiger charge is 2.33. The molecule has 3 aromatic carbocycles. The van der Waals surface area contributed by atoms with Gasteiger partial charge in [-0.3, -0.25) is 13.9 Å². The SMILES string of the molecule is CCCCNC(=O)[C@@H](Cc1ccccc1)N(Cc1cccc(Cl)c1)C(=O)CN(c1ccc(C)c(C)c1)S(C)(=O)=O. The highest BCUT2D eigenvalue weighted by atomic mass is 35.5. The van der Waals surface area contributed by atoms with E-state index in [2.05, 4.69) is 5.32 Å². The van der Waals surface area contributed by atoms with Gasteiger partial charge in [-0.25, -0.2) is 8.42 Å². The number of amides is 2. The second-order valence-electron chi connectivity index (χ2n) is 10.0. The summed E-state index contributed by atoms with van der Waals surface area (Å²) < 4.78 is 26.9. The van der Waals surface area contributed by atoms with Gasteiger partial charge in [-0.1, -0.05) is 73.5 Å². The van der Waals surface area contributed by atoms with Crippen LogP contribution in [-0.4, -0.2) is 50.5 Å². The van der Waals surface area contributed by atoms with E-state index in [1.165, 1.54) is 4.90 Å². The Balaban J connectivity index is 2.04. The number of aryl methyl sites for hydroxylation is 2. The molecule has 0 fully saturated rings. The number of benzene rings is 3. The molecule has 0 aliphatic carbocycles. The quantitative estimate of drug-likeness (QED) is 0.277. The Bertz CT molecular complexity index is 1410. The smallest absolute Gasteiger partial charge is 0.244 e. The average Bonchev–Trinajstić information content (AvgIpc) is 2.91. The van der Waals surface area contributed by atoms with Gasteiger partial charge in [0, 0.05) is 24.5 Å². The first-order valence-corrected chi connectivity index (χ1v) is 15.6. The van der Waals surface area contributed by atoms with Crippen LogP contribution in [0.15, 0.2) is 72.8 Å². The number of carbonyl (C=O) groups excluding carboxylic acids is 2. The van der Waals surface area contributed by atoms with Crippen LogP contribution >= 0.6 is 11.6 Å². The van der Waals surface area contributed by atoms with E-state index >= 15 is 0 Å². The van der Waals surface area contributed by atoms with Gasteiger partial charge in [0.25, 0.3) is 0 Å². The summed E-state index contributed by atoms with van der Waals surface area (Å²) in [5.74, 6) is -0.778. The van der Waals surface area contributed by atoms with Crippen LogP contribution in [0.5, 0.6) is 0 Å². The molecular weight excluding hydrogens is 546 g/mol. The van der Waals surface area contributed by atoms with Crippen molar-refractivity contribution in [3.63, 3.8) is 0 Å². The van der Waals surface area contributed by atoms with E-state index in [9.17, 15) is 18.0 Å². The lowest BCUT2D eigenvalue weighted by molar-refractivity contribution is -0.140. The fraction of sp³-hybridized carbons (Fsp3) is 0.355. The largest absolute Gasteiger partial charge is 0.354 e. The van der Waals surface area contributed by atoms with E-state index in [0.29, 0.717) is 17.3 Å². The van der Waals surface area contributed by atoms with Gasteiger partial charge in [-0.05, 0) is 66.8 Å². The van der Waals surface area contributed by atoms with Crippen LogP contribution in [0.1, 0.15) is 42.0 Å². The molecule has 7 nitrogen and oxygen atoms in total. The molecule has 3 rings (SSSR count). The molecule has 1 N–H and O–H groups in total. The van der Waals surface area contributed by atoms with Crippen LogP contribution in [0.3, 0.4) is 0 Å². The zero-order valence-corrected chi connectivity index (χ0v) is 25.1. The third-order valence-corrected chi connectivity index (χ3v) is 8.18. The molecule has 0 unspecified atom stereocenters. The molecule has 0 aliphatic heterocycles. The highest BCUT2D eigenvalue weighted by Crippen LogP contribution is 2.23. The lowest BCUT2D eigenvalue weighted by atomic mass is 10.0. The molecule has 0 saturated heterocycles. The number of nitrogens with zero attached hydrogens (tertiary/aromatic N) is 2. The second-order valence-corrected chi connectivity index (χ2v) is 12.4. The summed E-state index contributed by atoms with van der Waals surface area (Å²) in [5.41, 5.74) is 3.94. The first-order chi connectivity index (χ1) is 19.0. The predicted octanol–water partition coefficient (Wildman–Crippen LogP) is 5.28. The van der Waals surface area contributed by atoms with Gasteiger partial charge >= 0.3 is 0 Å². The minimum Gasteiger partial charge on any atom is -0.354 e. The van der Waals surface area contributed by atoms with E-state index in [1.807, 2.05) is 63.2 Å². The number of carbonyl (C=O) groups is 2. The minimum absolute atomic E-state index is 0.0859. The van der Waals surface area contributed by atoms with Crippen molar-refractivity contribution < 1.29 is 18.0 Å². The van der Waals surface area contributed by atoms with Crippen molar-refractivity contribution in [2.45, 2.75) is 52.6 Å². The van der Waals surface area contributed by atoms with Gasteiger partial charge in [0.15, 0.2) is 0 Å². The molecule has 0 saturated carbocycles. The summed E-state index contributed by atoms with van der Waals surface area (Å²) in [6.07, 6.45) is 3.07. The molecule has 0 spiro atoms. The highest BCUT2D eigenvalue weighted by molar-refractivity contribution is 7.92. The molecule has 0 aromatic heterocycles. The van der Waals surface area contributed by atoms with Gasteiger partial charge in [0.2, 0.25) is 21.8 Å². The summed E-state index contributed by atoms with van der Waals surface area (Å²) in [5, 5.41) is 3.48. The molecule has 0 aliphatic rings. The monoisotopic (exact) mass is 583 g/mol. The predicted molar refractivity (Wildman–Crippen MR) is 162 cm³/mol. The van der Waals surface area contributed by atoms with Crippen molar-refractivity contribution in [2.24, 2.45) is 0 Å². The zero-order valence-electron chi connectivity index (χ0n) is 23.6. The maximum Gasteiger partial charge on any atom is 0.244 e. The van der Waals surface area contributed by atoms with Crippen LogP contribution in [0.4, 0.5) is 5.69 Å². The van der Waals surface area contributed by atoms with Gasteiger partial charge in [0.1, 0.15) is 12.6 Å². The lowest BCUT2D eigenvalue weighted by Gasteiger charge is -2.33. The number of sulfonamides is 1. The number of rotatable bonds is 13. The Morgan fingerprint density at radius 3 is 2.25 bits per heavy atom. The summed E-state index contributed by atoms with van der Waals surface area (Å²) >= 11 is 6.25. The molecule has 214 valence electrons. The molecule has 3 aromatic rings. The number of halogens is 1. The van der Waals surface area contributed by atoms with Crippen LogP contribution in [0.2, 0.25) is 5.02 Å². The topological polar surface area (TPSA) is 86.8 Å². The zero-order chi connectivity index (χ0) is 29.3. The van der Waals surface area contributed by atoms with Crippen molar-refractivity contribution in [3.8, 4) is 0 Å². The molecule has 1 atom stereocenters. The van der Waals surface area contributed by atoms with Gasteiger partial charge in [0.05, 0.1) is 11.9 Å². The Kier molecular flexibility index (Phi) is 11.2. The average molecular weight is 584 g/mol. The van der Waals surface area contributed by atoms with Gasteiger partial charge in [-0.2, -0.15) is 0 Å². The first kappa shape index (κ1) is 31.2. The van der Waals surface area contributed by atoms with Crippen LogP contribution in [0.25, 0.3) is 0 Å². The summed E-state index contributed by atoms with van der Waals surface area (Å²) in [6, 6.07) is 21.0. The molecule has 0 radical (unpaired) electrons.